The predicted octanol–water partition coefficient (Wildman–Crippen LogP) is 2.06. The normalized spacial score (nSPS) is 27.6. The van der Waals surface area contributed by atoms with Crippen LogP contribution in [0.15, 0.2) is 0 Å². The van der Waals surface area contributed by atoms with E-state index in [-0.39, 0.29) is 0 Å². The quantitative estimate of drug-likeness (QED) is 0.778. The molecule has 0 aromatic rings. The summed E-state index contributed by atoms with van der Waals surface area (Å²) in [6.07, 6.45) is 4.95. The van der Waals surface area contributed by atoms with Crippen LogP contribution in [0.1, 0.15) is 26.7 Å². The van der Waals surface area contributed by atoms with E-state index in [1.807, 2.05) is 11.8 Å². The van der Waals surface area contributed by atoms with E-state index in [2.05, 4.69) is 37.4 Å². The summed E-state index contributed by atoms with van der Waals surface area (Å²) in [6.45, 7) is 8.32. The zero-order chi connectivity index (χ0) is 11.3. The van der Waals surface area contributed by atoms with E-state index in [1.165, 1.54) is 25.9 Å². The fourth-order valence-electron chi connectivity index (χ4n) is 2.22. The van der Waals surface area contributed by atoms with Crippen LogP contribution in [0.3, 0.4) is 0 Å². The lowest BCUT2D eigenvalue weighted by atomic mass is 9.92. The van der Waals surface area contributed by atoms with Crippen molar-refractivity contribution in [1.29, 1.82) is 0 Å². The number of hydrogen-bond acceptors (Lipinski definition) is 3. The van der Waals surface area contributed by atoms with Crippen LogP contribution in [0, 0.1) is 5.92 Å². The highest BCUT2D eigenvalue weighted by molar-refractivity contribution is 7.99. The average Bonchev–Trinajstić information content (AvgIpc) is 2.25. The zero-order valence-corrected chi connectivity index (χ0v) is 11.4. The average molecular weight is 230 g/mol. The van der Waals surface area contributed by atoms with Crippen molar-refractivity contribution < 1.29 is 0 Å². The van der Waals surface area contributed by atoms with Crippen LogP contribution in [0.2, 0.25) is 0 Å². The van der Waals surface area contributed by atoms with Crippen LogP contribution in [0.25, 0.3) is 0 Å². The molecular weight excluding hydrogens is 204 g/mol. The summed E-state index contributed by atoms with van der Waals surface area (Å²) in [5.41, 5.74) is 0. The predicted molar refractivity (Wildman–Crippen MR) is 70.7 cm³/mol. The number of piperidine rings is 1. The Morgan fingerprint density at radius 1 is 1.47 bits per heavy atom. The van der Waals surface area contributed by atoms with Crippen LogP contribution in [-0.4, -0.2) is 49.1 Å². The standard InChI is InChI=1S/C12H26N2S/c1-10(15-4)8-13-11(2)12-6-5-7-14(3)9-12/h10-13H,5-9H2,1-4H3. The zero-order valence-electron chi connectivity index (χ0n) is 10.6. The number of likely N-dealkylation sites (tertiary alicyclic amines) is 1. The van der Waals surface area contributed by atoms with E-state index < -0.39 is 0 Å². The molecule has 0 amide bonds. The third kappa shape index (κ3) is 4.75. The smallest absolute Gasteiger partial charge is 0.0141 e. The van der Waals surface area contributed by atoms with Crippen molar-refractivity contribution in [1.82, 2.24) is 10.2 Å². The number of nitrogens with one attached hydrogen (secondary N) is 1. The lowest BCUT2D eigenvalue weighted by Gasteiger charge is -2.34. The first-order valence-corrected chi connectivity index (χ1v) is 7.37. The summed E-state index contributed by atoms with van der Waals surface area (Å²) in [5, 5.41) is 4.41. The lowest BCUT2D eigenvalue weighted by Crippen LogP contribution is -2.44. The molecule has 0 aromatic carbocycles. The molecule has 1 saturated heterocycles. The van der Waals surface area contributed by atoms with Gasteiger partial charge in [0.2, 0.25) is 0 Å². The Bertz CT molecular complexity index is 175. The van der Waals surface area contributed by atoms with Gasteiger partial charge in [0.05, 0.1) is 0 Å². The second-order valence-electron chi connectivity index (χ2n) is 4.91. The van der Waals surface area contributed by atoms with Crippen molar-refractivity contribution in [2.24, 2.45) is 5.92 Å². The molecule has 3 atom stereocenters. The summed E-state index contributed by atoms with van der Waals surface area (Å²) in [4.78, 5) is 2.46. The van der Waals surface area contributed by atoms with Gasteiger partial charge in [-0.1, -0.05) is 6.92 Å². The van der Waals surface area contributed by atoms with Gasteiger partial charge in [0.1, 0.15) is 0 Å². The van der Waals surface area contributed by atoms with Gasteiger partial charge in [-0.2, -0.15) is 11.8 Å². The topological polar surface area (TPSA) is 15.3 Å². The van der Waals surface area contributed by atoms with Crippen molar-refractivity contribution in [3.05, 3.63) is 0 Å². The summed E-state index contributed by atoms with van der Waals surface area (Å²) < 4.78 is 0. The molecule has 3 heteroatoms. The van der Waals surface area contributed by atoms with Crippen molar-refractivity contribution in [2.75, 3.05) is 32.9 Å². The van der Waals surface area contributed by atoms with Gasteiger partial charge < -0.3 is 10.2 Å². The Morgan fingerprint density at radius 2 is 2.20 bits per heavy atom. The number of rotatable bonds is 5. The number of hydrogen-bond donors (Lipinski definition) is 1. The first-order chi connectivity index (χ1) is 7.13. The van der Waals surface area contributed by atoms with Crippen molar-refractivity contribution in [3.63, 3.8) is 0 Å². The van der Waals surface area contributed by atoms with E-state index in [1.54, 1.807) is 0 Å². The van der Waals surface area contributed by atoms with Gasteiger partial charge in [-0.3, -0.25) is 0 Å². The maximum atomic E-state index is 3.68. The van der Waals surface area contributed by atoms with E-state index in [4.69, 9.17) is 0 Å². The summed E-state index contributed by atoms with van der Waals surface area (Å²) in [7, 11) is 2.24. The molecule has 3 unspecified atom stereocenters. The molecule has 1 heterocycles. The number of thioether (sulfide) groups is 1. The molecule has 1 aliphatic rings. The van der Waals surface area contributed by atoms with Crippen molar-refractivity contribution >= 4 is 11.8 Å². The molecule has 0 saturated carbocycles. The minimum atomic E-state index is 0.669. The second kappa shape index (κ2) is 6.77. The van der Waals surface area contributed by atoms with Crippen LogP contribution >= 0.6 is 11.8 Å². The Hall–Kier alpha value is 0.270. The summed E-state index contributed by atoms with van der Waals surface area (Å²) in [5.74, 6) is 0.845. The highest BCUT2D eigenvalue weighted by Gasteiger charge is 2.22. The molecular formula is C12H26N2S. The first-order valence-electron chi connectivity index (χ1n) is 6.08. The molecule has 2 nitrogen and oxygen atoms in total. The van der Waals surface area contributed by atoms with Gasteiger partial charge in [0.15, 0.2) is 0 Å². The molecule has 0 aliphatic carbocycles. The van der Waals surface area contributed by atoms with Gasteiger partial charge in [0, 0.05) is 24.4 Å². The minimum Gasteiger partial charge on any atom is -0.313 e. The Morgan fingerprint density at radius 3 is 2.80 bits per heavy atom. The minimum absolute atomic E-state index is 0.669. The molecule has 1 rings (SSSR count). The summed E-state index contributed by atoms with van der Waals surface area (Å²) >= 11 is 1.94. The largest absolute Gasteiger partial charge is 0.313 e. The maximum Gasteiger partial charge on any atom is 0.0141 e. The fourth-order valence-corrected chi connectivity index (χ4v) is 2.48. The molecule has 1 fully saturated rings. The van der Waals surface area contributed by atoms with Crippen LogP contribution < -0.4 is 5.32 Å². The van der Waals surface area contributed by atoms with Crippen LogP contribution in [0.4, 0.5) is 0 Å². The van der Waals surface area contributed by atoms with E-state index >= 15 is 0 Å². The highest BCUT2D eigenvalue weighted by Crippen LogP contribution is 2.18. The van der Waals surface area contributed by atoms with Gasteiger partial charge in [-0.25, -0.2) is 0 Å². The first kappa shape index (κ1) is 13.3. The van der Waals surface area contributed by atoms with E-state index in [9.17, 15) is 0 Å². The lowest BCUT2D eigenvalue weighted by molar-refractivity contribution is 0.179. The molecule has 0 spiro atoms. The van der Waals surface area contributed by atoms with Gasteiger partial charge in [-0.15, -0.1) is 0 Å². The molecule has 1 aliphatic heterocycles. The molecule has 0 radical (unpaired) electrons. The third-order valence-corrected chi connectivity index (χ3v) is 4.47. The maximum absolute atomic E-state index is 3.68. The van der Waals surface area contributed by atoms with Crippen molar-refractivity contribution in [2.45, 2.75) is 38.0 Å². The second-order valence-corrected chi connectivity index (χ2v) is 6.18. The Labute approximate surface area is 99.2 Å². The van der Waals surface area contributed by atoms with Crippen LogP contribution in [-0.2, 0) is 0 Å². The summed E-state index contributed by atoms with van der Waals surface area (Å²) in [6, 6.07) is 0.669. The fraction of sp³-hybridized carbons (Fsp3) is 1.00. The van der Waals surface area contributed by atoms with E-state index in [0.29, 0.717) is 6.04 Å². The van der Waals surface area contributed by atoms with Crippen molar-refractivity contribution in [3.8, 4) is 0 Å². The number of nitrogens with zero attached hydrogens (tertiary/aromatic N) is 1. The van der Waals surface area contributed by atoms with Gasteiger partial charge in [-0.05, 0) is 45.5 Å². The van der Waals surface area contributed by atoms with E-state index in [0.717, 1.165) is 17.7 Å². The van der Waals surface area contributed by atoms with Crippen LogP contribution in [0.5, 0.6) is 0 Å². The van der Waals surface area contributed by atoms with Gasteiger partial charge >= 0.3 is 0 Å². The monoisotopic (exact) mass is 230 g/mol. The molecule has 15 heavy (non-hydrogen) atoms. The Kier molecular flexibility index (Phi) is 6.02. The highest BCUT2D eigenvalue weighted by atomic mass is 32.2. The van der Waals surface area contributed by atoms with Gasteiger partial charge in [0.25, 0.3) is 0 Å². The molecule has 0 bridgehead atoms. The third-order valence-electron chi connectivity index (χ3n) is 3.50. The molecule has 0 aromatic heterocycles. The molecule has 1 N–H and O–H groups in total. The Balaban J connectivity index is 2.23. The molecule has 90 valence electrons. The SMILES string of the molecule is CSC(C)CNC(C)C1CCCN(C)C1.